The number of nitrogens with one attached hydrogen (secondary N) is 1. The Balaban J connectivity index is 2.09. The summed E-state index contributed by atoms with van der Waals surface area (Å²) in [4.78, 5) is 4.23. The van der Waals surface area contributed by atoms with Crippen molar-refractivity contribution in [1.82, 2.24) is 4.98 Å². The molecular weight excluding hydrogens is 198 g/mol. The first-order chi connectivity index (χ1) is 7.88. The molecule has 0 bridgehead atoms. The molecule has 0 spiro atoms. The molecule has 3 nitrogen and oxygen atoms in total. The van der Waals surface area contributed by atoms with E-state index in [9.17, 15) is 0 Å². The van der Waals surface area contributed by atoms with Gasteiger partial charge in [-0.3, -0.25) is 0 Å². The Kier molecular flexibility index (Phi) is 3.15. The van der Waals surface area contributed by atoms with Crippen LogP contribution < -0.4 is 5.32 Å². The first-order valence-electron chi connectivity index (χ1n) is 5.02. The molecule has 0 amide bonds. The number of benzene rings is 1. The molecule has 16 heavy (non-hydrogen) atoms. The van der Waals surface area contributed by atoms with Crippen molar-refractivity contribution < 1.29 is 0 Å². The number of rotatable bonds is 3. The number of nitriles is 1. The Bertz CT molecular complexity index is 483. The van der Waals surface area contributed by atoms with Crippen LogP contribution in [0.1, 0.15) is 5.56 Å². The Morgan fingerprint density at radius 1 is 1.12 bits per heavy atom. The van der Waals surface area contributed by atoms with E-state index >= 15 is 0 Å². The van der Waals surface area contributed by atoms with Gasteiger partial charge in [0.2, 0.25) is 0 Å². The molecule has 0 unspecified atom stereocenters. The van der Waals surface area contributed by atoms with E-state index in [0.717, 1.165) is 17.1 Å². The van der Waals surface area contributed by atoms with Gasteiger partial charge < -0.3 is 5.32 Å². The van der Waals surface area contributed by atoms with E-state index in [0.29, 0.717) is 6.42 Å². The van der Waals surface area contributed by atoms with Gasteiger partial charge >= 0.3 is 0 Å². The standard InChI is InChI=1S/C13H11N3/c14-9-8-11-6-7-13(15-10-11)16-12-4-2-1-3-5-12/h1-7,10H,8H2,(H,15,16). The normalized spacial score (nSPS) is 9.44. The van der Waals surface area contributed by atoms with Gasteiger partial charge in [-0.25, -0.2) is 4.98 Å². The smallest absolute Gasteiger partial charge is 0.130 e. The summed E-state index contributed by atoms with van der Waals surface area (Å²) >= 11 is 0. The summed E-state index contributed by atoms with van der Waals surface area (Å²) in [7, 11) is 0. The van der Waals surface area contributed by atoms with E-state index in [-0.39, 0.29) is 0 Å². The SMILES string of the molecule is N#CCc1ccc(Nc2ccccc2)nc1. The first kappa shape index (κ1) is 10.2. The quantitative estimate of drug-likeness (QED) is 0.845. The topological polar surface area (TPSA) is 48.7 Å². The number of anilines is 2. The highest BCUT2D eigenvalue weighted by Gasteiger charge is 1.96. The zero-order chi connectivity index (χ0) is 11.2. The molecule has 0 radical (unpaired) electrons. The molecule has 0 fully saturated rings. The van der Waals surface area contributed by atoms with Crippen molar-refractivity contribution in [2.75, 3.05) is 5.32 Å². The Labute approximate surface area is 94.4 Å². The summed E-state index contributed by atoms with van der Waals surface area (Å²) in [5.74, 6) is 0.785. The number of nitrogens with zero attached hydrogens (tertiary/aromatic N) is 2. The molecule has 1 N–H and O–H groups in total. The predicted molar refractivity (Wildman–Crippen MR) is 63.3 cm³/mol. The van der Waals surface area contributed by atoms with Crippen molar-refractivity contribution in [1.29, 1.82) is 5.26 Å². The van der Waals surface area contributed by atoms with Gasteiger partial charge in [0.15, 0.2) is 0 Å². The van der Waals surface area contributed by atoms with Crippen molar-refractivity contribution in [3.8, 4) is 6.07 Å². The number of para-hydroxylation sites is 1. The molecule has 0 aliphatic carbocycles. The summed E-state index contributed by atoms with van der Waals surface area (Å²) in [5, 5.41) is 11.7. The van der Waals surface area contributed by atoms with Gasteiger partial charge in [0, 0.05) is 11.9 Å². The number of hydrogen-bond acceptors (Lipinski definition) is 3. The lowest BCUT2D eigenvalue weighted by atomic mass is 10.2. The second-order valence-electron chi connectivity index (χ2n) is 3.38. The Morgan fingerprint density at radius 2 is 1.94 bits per heavy atom. The Morgan fingerprint density at radius 3 is 2.56 bits per heavy atom. The summed E-state index contributed by atoms with van der Waals surface area (Å²) in [6.07, 6.45) is 2.12. The molecule has 0 saturated heterocycles. The van der Waals surface area contributed by atoms with Crippen LogP contribution in [0.2, 0.25) is 0 Å². The third-order valence-electron chi connectivity index (χ3n) is 2.15. The number of pyridine rings is 1. The fourth-order valence-electron chi connectivity index (χ4n) is 1.36. The highest BCUT2D eigenvalue weighted by atomic mass is 15.0. The average molecular weight is 209 g/mol. The van der Waals surface area contributed by atoms with Crippen LogP contribution in [-0.2, 0) is 6.42 Å². The van der Waals surface area contributed by atoms with Crippen molar-refractivity contribution >= 4 is 11.5 Å². The zero-order valence-electron chi connectivity index (χ0n) is 8.72. The van der Waals surface area contributed by atoms with Gasteiger partial charge in [0.05, 0.1) is 12.5 Å². The van der Waals surface area contributed by atoms with Gasteiger partial charge in [0.1, 0.15) is 5.82 Å². The van der Waals surface area contributed by atoms with Crippen LogP contribution in [0.15, 0.2) is 48.7 Å². The highest BCUT2D eigenvalue weighted by molar-refractivity contribution is 5.55. The third-order valence-corrected chi connectivity index (χ3v) is 2.15. The van der Waals surface area contributed by atoms with Crippen LogP contribution in [0.5, 0.6) is 0 Å². The van der Waals surface area contributed by atoms with Crippen molar-refractivity contribution in [2.24, 2.45) is 0 Å². The van der Waals surface area contributed by atoms with Crippen LogP contribution in [0.4, 0.5) is 11.5 Å². The van der Waals surface area contributed by atoms with E-state index in [4.69, 9.17) is 5.26 Å². The van der Waals surface area contributed by atoms with Gasteiger partial charge in [-0.15, -0.1) is 0 Å². The number of hydrogen-bond donors (Lipinski definition) is 1. The molecule has 1 aromatic carbocycles. The monoisotopic (exact) mass is 209 g/mol. The lowest BCUT2D eigenvalue weighted by molar-refractivity contribution is 1.19. The van der Waals surface area contributed by atoms with E-state index < -0.39 is 0 Å². The molecule has 0 aliphatic heterocycles. The summed E-state index contributed by atoms with van der Waals surface area (Å²) in [5.41, 5.74) is 1.93. The second kappa shape index (κ2) is 4.94. The van der Waals surface area contributed by atoms with E-state index in [1.807, 2.05) is 42.5 Å². The summed E-state index contributed by atoms with van der Waals surface area (Å²) in [6.45, 7) is 0. The highest BCUT2D eigenvalue weighted by Crippen LogP contribution is 2.13. The second-order valence-corrected chi connectivity index (χ2v) is 3.38. The van der Waals surface area contributed by atoms with Gasteiger partial charge in [-0.2, -0.15) is 5.26 Å². The lowest BCUT2D eigenvalue weighted by Gasteiger charge is -2.05. The maximum absolute atomic E-state index is 8.53. The number of aromatic nitrogens is 1. The summed E-state index contributed by atoms with van der Waals surface area (Å²) < 4.78 is 0. The molecule has 2 rings (SSSR count). The molecular formula is C13H11N3. The lowest BCUT2D eigenvalue weighted by Crippen LogP contribution is -1.93. The van der Waals surface area contributed by atoms with Crippen molar-refractivity contribution in [3.63, 3.8) is 0 Å². The fourth-order valence-corrected chi connectivity index (χ4v) is 1.36. The molecule has 3 heteroatoms. The fraction of sp³-hybridized carbons (Fsp3) is 0.0769. The van der Waals surface area contributed by atoms with Gasteiger partial charge in [0.25, 0.3) is 0 Å². The molecule has 1 aromatic heterocycles. The first-order valence-corrected chi connectivity index (χ1v) is 5.02. The minimum atomic E-state index is 0.401. The van der Waals surface area contributed by atoms with E-state index in [1.165, 1.54) is 0 Å². The minimum Gasteiger partial charge on any atom is -0.340 e. The van der Waals surface area contributed by atoms with Gasteiger partial charge in [-0.1, -0.05) is 24.3 Å². The average Bonchev–Trinajstić information content (AvgIpc) is 2.33. The van der Waals surface area contributed by atoms with Crippen molar-refractivity contribution in [3.05, 3.63) is 54.2 Å². The molecule has 0 atom stereocenters. The molecule has 0 aliphatic rings. The van der Waals surface area contributed by atoms with E-state index in [1.54, 1.807) is 6.20 Å². The zero-order valence-corrected chi connectivity index (χ0v) is 8.72. The van der Waals surface area contributed by atoms with Crippen LogP contribution in [0.25, 0.3) is 0 Å². The molecule has 78 valence electrons. The third kappa shape index (κ3) is 2.58. The molecule has 2 aromatic rings. The van der Waals surface area contributed by atoms with Crippen LogP contribution in [-0.4, -0.2) is 4.98 Å². The largest absolute Gasteiger partial charge is 0.340 e. The van der Waals surface area contributed by atoms with Crippen LogP contribution >= 0.6 is 0 Å². The maximum Gasteiger partial charge on any atom is 0.130 e. The van der Waals surface area contributed by atoms with Crippen LogP contribution in [0, 0.1) is 11.3 Å². The maximum atomic E-state index is 8.53. The van der Waals surface area contributed by atoms with Gasteiger partial charge in [-0.05, 0) is 23.8 Å². The van der Waals surface area contributed by atoms with E-state index in [2.05, 4.69) is 16.4 Å². The molecule has 1 heterocycles. The predicted octanol–water partition coefficient (Wildman–Crippen LogP) is 2.89. The van der Waals surface area contributed by atoms with Crippen LogP contribution in [0.3, 0.4) is 0 Å². The summed E-state index contributed by atoms with van der Waals surface area (Å²) in [6, 6.07) is 15.7. The molecule has 0 saturated carbocycles. The Hall–Kier alpha value is -2.34. The minimum absolute atomic E-state index is 0.401. The van der Waals surface area contributed by atoms with Crippen molar-refractivity contribution in [2.45, 2.75) is 6.42 Å².